The fourth-order valence-electron chi connectivity index (χ4n) is 2.37. The van der Waals surface area contributed by atoms with Gasteiger partial charge in [0.15, 0.2) is 0 Å². The number of hydrogen-bond acceptors (Lipinski definition) is 4. The van der Waals surface area contributed by atoms with Crippen molar-refractivity contribution in [2.75, 3.05) is 0 Å². The summed E-state index contributed by atoms with van der Waals surface area (Å²) in [6, 6.07) is 11.4. The van der Waals surface area contributed by atoms with E-state index in [1.54, 1.807) is 19.1 Å². The van der Waals surface area contributed by atoms with Crippen LogP contribution < -0.4 is 5.56 Å². The van der Waals surface area contributed by atoms with Crippen LogP contribution in [0, 0.1) is 17.0 Å². The standard InChI is InChI=1S/C17H12BrClN4O3/c1-10-14(9-20-15-7-4-12(19)8-16(15)23(25)26)17(24)22(21-10)13-5-2-11(18)3-6-13/h2-9,21H,1H3. The fraction of sp³-hybridized carbons (Fsp3) is 0.0588. The third-order valence-electron chi connectivity index (χ3n) is 3.67. The Morgan fingerprint density at radius 3 is 2.62 bits per heavy atom. The molecule has 0 spiro atoms. The van der Waals surface area contributed by atoms with Gasteiger partial charge in [0.05, 0.1) is 16.2 Å². The summed E-state index contributed by atoms with van der Waals surface area (Å²) in [5.41, 5.74) is 1.17. The van der Waals surface area contributed by atoms with E-state index in [-0.39, 0.29) is 22.0 Å². The first-order valence-electron chi connectivity index (χ1n) is 7.42. The highest BCUT2D eigenvalue weighted by atomic mass is 79.9. The highest BCUT2D eigenvalue weighted by molar-refractivity contribution is 9.10. The van der Waals surface area contributed by atoms with Crippen LogP contribution in [0.25, 0.3) is 5.69 Å². The molecule has 0 aliphatic rings. The van der Waals surface area contributed by atoms with Crippen molar-refractivity contribution in [2.24, 2.45) is 4.99 Å². The lowest BCUT2D eigenvalue weighted by atomic mass is 10.2. The molecule has 0 aliphatic heterocycles. The molecule has 0 atom stereocenters. The predicted molar refractivity (Wildman–Crippen MR) is 104 cm³/mol. The van der Waals surface area contributed by atoms with E-state index in [9.17, 15) is 14.9 Å². The third-order valence-corrected chi connectivity index (χ3v) is 4.43. The lowest BCUT2D eigenvalue weighted by Crippen LogP contribution is -2.17. The van der Waals surface area contributed by atoms with Crippen molar-refractivity contribution in [3.05, 3.63) is 83.7 Å². The van der Waals surface area contributed by atoms with Gasteiger partial charge in [-0.3, -0.25) is 20.0 Å². The van der Waals surface area contributed by atoms with Crippen molar-refractivity contribution < 1.29 is 4.92 Å². The van der Waals surface area contributed by atoms with Gasteiger partial charge >= 0.3 is 0 Å². The quantitative estimate of drug-likeness (QED) is 0.370. The number of aryl methyl sites for hydroxylation is 1. The fourth-order valence-corrected chi connectivity index (χ4v) is 2.80. The van der Waals surface area contributed by atoms with Crippen molar-refractivity contribution in [1.82, 2.24) is 9.78 Å². The predicted octanol–water partition coefficient (Wildman–Crippen LogP) is 4.55. The number of benzene rings is 2. The van der Waals surface area contributed by atoms with E-state index in [1.807, 2.05) is 12.1 Å². The molecular formula is C17H12BrClN4O3. The summed E-state index contributed by atoms with van der Waals surface area (Å²) in [6.45, 7) is 1.73. The molecule has 7 nitrogen and oxygen atoms in total. The highest BCUT2D eigenvalue weighted by Gasteiger charge is 2.15. The Hall–Kier alpha value is -2.71. The second kappa shape index (κ2) is 7.27. The number of aromatic amines is 1. The van der Waals surface area contributed by atoms with Crippen molar-refractivity contribution in [3.8, 4) is 5.69 Å². The molecular weight excluding hydrogens is 424 g/mol. The Morgan fingerprint density at radius 1 is 1.27 bits per heavy atom. The number of H-pyrrole nitrogens is 1. The topological polar surface area (TPSA) is 93.3 Å². The van der Waals surface area contributed by atoms with Gasteiger partial charge in [-0.25, -0.2) is 9.67 Å². The largest absolute Gasteiger partial charge is 0.296 e. The Balaban J connectivity index is 2.02. The maximum atomic E-state index is 12.6. The summed E-state index contributed by atoms with van der Waals surface area (Å²) < 4.78 is 2.29. The van der Waals surface area contributed by atoms with E-state index in [1.165, 1.54) is 29.1 Å². The van der Waals surface area contributed by atoms with Crippen LogP contribution in [0.2, 0.25) is 5.02 Å². The maximum absolute atomic E-state index is 12.6. The van der Waals surface area contributed by atoms with Gasteiger partial charge in [0.2, 0.25) is 0 Å². The molecule has 0 saturated carbocycles. The van der Waals surface area contributed by atoms with Gasteiger partial charge in [-0.1, -0.05) is 27.5 Å². The molecule has 0 unspecified atom stereocenters. The molecule has 1 aromatic heterocycles. The third kappa shape index (κ3) is 3.61. The average molecular weight is 436 g/mol. The number of nitro groups is 1. The van der Waals surface area contributed by atoms with E-state index >= 15 is 0 Å². The van der Waals surface area contributed by atoms with Gasteiger partial charge in [0, 0.05) is 27.5 Å². The first kappa shape index (κ1) is 18.1. The zero-order valence-corrected chi connectivity index (χ0v) is 15.8. The number of hydrogen-bond donors (Lipinski definition) is 1. The van der Waals surface area contributed by atoms with Crippen molar-refractivity contribution in [3.63, 3.8) is 0 Å². The molecule has 9 heteroatoms. The summed E-state index contributed by atoms with van der Waals surface area (Å²) in [5, 5.41) is 14.3. The van der Waals surface area contributed by atoms with E-state index < -0.39 is 4.92 Å². The molecule has 1 heterocycles. The minimum Gasteiger partial charge on any atom is -0.295 e. The smallest absolute Gasteiger partial charge is 0.295 e. The van der Waals surface area contributed by atoms with E-state index in [0.717, 1.165) is 4.47 Å². The van der Waals surface area contributed by atoms with Crippen LogP contribution in [0.15, 0.2) is 56.7 Å². The molecule has 0 saturated heterocycles. The number of halogens is 2. The van der Waals surface area contributed by atoms with Crippen LogP contribution in [0.3, 0.4) is 0 Å². The summed E-state index contributed by atoms with van der Waals surface area (Å²) in [6.07, 6.45) is 1.32. The van der Waals surface area contributed by atoms with Gasteiger partial charge in [0.1, 0.15) is 5.69 Å². The van der Waals surface area contributed by atoms with Gasteiger partial charge in [-0.2, -0.15) is 0 Å². The minimum atomic E-state index is -0.567. The molecule has 3 rings (SSSR count). The molecule has 0 radical (unpaired) electrons. The molecule has 2 aromatic carbocycles. The first-order valence-corrected chi connectivity index (χ1v) is 8.59. The number of aliphatic imine (C=N–C) groups is 1. The van der Waals surface area contributed by atoms with Crippen molar-refractivity contribution in [2.45, 2.75) is 6.92 Å². The zero-order chi connectivity index (χ0) is 18.8. The number of rotatable bonds is 4. The molecule has 1 N–H and O–H groups in total. The van der Waals surface area contributed by atoms with Crippen LogP contribution >= 0.6 is 27.5 Å². The Bertz CT molecular complexity index is 1070. The zero-order valence-electron chi connectivity index (χ0n) is 13.4. The average Bonchev–Trinajstić information content (AvgIpc) is 2.89. The van der Waals surface area contributed by atoms with E-state index in [0.29, 0.717) is 16.9 Å². The number of nitrogens with zero attached hydrogens (tertiary/aromatic N) is 3. The van der Waals surface area contributed by atoms with Crippen LogP contribution in [0.5, 0.6) is 0 Å². The van der Waals surface area contributed by atoms with Crippen molar-refractivity contribution in [1.29, 1.82) is 0 Å². The van der Waals surface area contributed by atoms with E-state index in [4.69, 9.17) is 11.6 Å². The molecule has 3 aromatic rings. The summed E-state index contributed by atoms with van der Waals surface area (Å²) in [4.78, 5) is 27.3. The highest BCUT2D eigenvalue weighted by Crippen LogP contribution is 2.30. The van der Waals surface area contributed by atoms with Crippen LogP contribution in [-0.4, -0.2) is 20.9 Å². The second-order valence-electron chi connectivity index (χ2n) is 5.42. The molecule has 0 fully saturated rings. The number of nitrogens with one attached hydrogen (secondary N) is 1. The Labute approximate surface area is 161 Å². The van der Waals surface area contributed by atoms with Gasteiger partial charge in [-0.15, -0.1) is 0 Å². The molecule has 0 bridgehead atoms. The number of aromatic nitrogens is 2. The van der Waals surface area contributed by atoms with Gasteiger partial charge < -0.3 is 0 Å². The molecule has 26 heavy (non-hydrogen) atoms. The van der Waals surface area contributed by atoms with Crippen LogP contribution in [0.4, 0.5) is 11.4 Å². The summed E-state index contributed by atoms with van der Waals surface area (Å²) in [5.74, 6) is 0. The summed E-state index contributed by atoms with van der Waals surface area (Å²) >= 11 is 9.14. The second-order valence-corrected chi connectivity index (χ2v) is 6.77. The Kier molecular flexibility index (Phi) is 5.06. The SMILES string of the molecule is Cc1[nH]n(-c2ccc(Br)cc2)c(=O)c1C=Nc1ccc(Cl)cc1[N+](=O)[O-]. The maximum Gasteiger partial charge on any atom is 0.296 e. The lowest BCUT2D eigenvalue weighted by molar-refractivity contribution is -0.384. The minimum absolute atomic E-state index is 0.120. The monoisotopic (exact) mass is 434 g/mol. The Morgan fingerprint density at radius 2 is 1.96 bits per heavy atom. The van der Waals surface area contributed by atoms with Gasteiger partial charge in [0.25, 0.3) is 11.2 Å². The lowest BCUT2D eigenvalue weighted by Gasteiger charge is -2.00. The molecule has 0 aliphatic carbocycles. The first-order chi connectivity index (χ1) is 12.4. The number of nitro benzene ring substituents is 1. The van der Waals surface area contributed by atoms with Crippen LogP contribution in [-0.2, 0) is 0 Å². The van der Waals surface area contributed by atoms with Gasteiger partial charge in [-0.05, 0) is 43.3 Å². The molecule has 132 valence electrons. The molecule has 0 amide bonds. The normalized spacial score (nSPS) is 11.2. The summed E-state index contributed by atoms with van der Waals surface area (Å²) in [7, 11) is 0. The van der Waals surface area contributed by atoms with E-state index in [2.05, 4.69) is 26.0 Å². The van der Waals surface area contributed by atoms with Crippen molar-refractivity contribution >= 4 is 45.1 Å². The van der Waals surface area contributed by atoms with Crippen LogP contribution in [0.1, 0.15) is 11.3 Å².